The Labute approximate surface area is 136 Å². The van der Waals surface area contributed by atoms with Gasteiger partial charge >= 0.3 is 0 Å². The summed E-state index contributed by atoms with van der Waals surface area (Å²) in [6.07, 6.45) is 1.31. The lowest BCUT2D eigenvalue weighted by atomic mass is 10.1. The van der Waals surface area contributed by atoms with E-state index in [1.54, 1.807) is 0 Å². The molecule has 0 bridgehead atoms. The lowest BCUT2D eigenvalue weighted by molar-refractivity contribution is -0.120. The maximum atomic E-state index is 11.9. The standard InChI is InChI=1S/C18H21ClN2O/c1-21(17-5-3-2-4-6-17)14-12-18(22)20-13-11-15-7-9-16(19)10-8-15/h2-10H,11-14H2,1H3,(H,20,22). The molecule has 0 aliphatic rings. The van der Waals surface area contributed by atoms with Crippen molar-refractivity contribution in [2.24, 2.45) is 0 Å². The first-order valence-corrected chi connectivity index (χ1v) is 7.80. The highest BCUT2D eigenvalue weighted by Crippen LogP contribution is 2.11. The van der Waals surface area contributed by atoms with Crippen LogP contribution in [0.15, 0.2) is 54.6 Å². The summed E-state index contributed by atoms with van der Waals surface area (Å²) in [6, 6.07) is 17.8. The largest absolute Gasteiger partial charge is 0.374 e. The van der Waals surface area contributed by atoms with E-state index in [4.69, 9.17) is 11.6 Å². The van der Waals surface area contributed by atoms with Crippen LogP contribution in [-0.4, -0.2) is 26.0 Å². The molecule has 0 fully saturated rings. The minimum Gasteiger partial charge on any atom is -0.374 e. The van der Waals surface area contributed by atoms with Gasteiger partial charge in [-0.15, -0.1) is 0 Å². The molecule has 0 aromatic heterocycles. The van der Waals surface area contributed by atoms with Crippen LogP contribution < -0.4 is 10.2 Å². The van der Waals surface area contributed by atoms with Gasteiger partial charge in [-0.2, -0.15) is 0 Å². The van der Waals surface area contributed by atoms with E-state index in [2.05, 4.69) is 10.2 Å². The van der Waals surface area contributed by atoms with E-state index in [0.29, 0.717) is 19.5 Å². The summed E-state index contributed by atoms with van der Waals surface area (Å²) in [5.41, 5.74) is 2.29. The lowest BCUT2D eigenvalue weighted by Crippen LogP contribution is -2.30. The number of carbonyl (C=O) groups excluding carboxylic acids is 1. The zero-order valence-electron chi connectivity index (χ0n) is 12.8. The van der Waals surface area contributed by atoms with Gasteiger partial charge in [0, 0.05) is 37.3 Å². The van der Waals surface area contributed by atoms with Crippen molar-refractivity contribution < 1.29 is 4.79 Å². The van der Waals surface area contributed by atoms with Crippen molar-refractivity contribution in [3.63, 3.8) is 0 Å². The second kappa shape index (κ2) is 8.44. The van der Waals surface area contributed by atoms with Crippen molar-refractivity contribution in [1.82, 2.24) is 5.32 Å². The molecule has 0 atom stereocenters. The second-order valence-electron chi connectivity index (χ2n) is 5.23. The summed E-state index contributed by atoms with van der Waals surface area (Å²) in [7, 11) is 2.00. The molecule has 0 saturated heterocycles. The highest BCUT2D eigenvalue weighted by atomic mass is 35.5. The van der Waals surface area contributed by atoms with E-state index in [1.165, 1.54) is 5.56 Å². The molecule has 1 amide bonds. The predicted molar refractivity (Wildman–Crippen MR) is 92.5 cm³/mol. The van der Waals surface area contributed by atoms with Gasteiger partial charge in [0.2, 0.25) is 5.91 Å². The normalized spacial score (nSPS) is 10.3. The van der Waals surface area contributed by atoms with Crippen LogP contribution in [0.2, 0.25) is 5.02 Å². The number of para-hydroxylation sites is 1. The summed E-state index contributed by atoms with van der Waals surface area (Å²) in [4.78, 5) is 13.9. The van der Waals surface area contributed by atoms with Crippen molar-refractivity contribution in [2.75, 3.05) is 25.0 Å². The molecule has 2 rings (SSSR count). The minimum absolute atomic E-state index is 0.0803. The fourth-order valence-electron chi connectivity index (χ4n) is 2.17. The van der Waals surface area contributed by atoms with Crippen molar-refractivity contribution in [3.05, 3.63) is 65.2 Å². The summed E-state index contributed by atoms with van der Waals surface area (Å²) in [6.45, 7) is 1.35. The van der Waals surface area contributed by atoms with Crippen LogP contribution in [-0.2, 0) is 11.2 Å². The van der Waals surface area contributed by atoms with Gasteiger partial charge in [0.1, 0.15) is 0 Å². The summed E-state index contributed by atoms with van der Waals surface area (Å²) < 4.78 is 0. The van der Waals surface area contributed by atoms with Crippen molar-refractivity contribution >= 4 is 23.2 Å². The van der Waals surface area contributed by atoms with Gasteiger partial charge in [-0.25, -0.2) is 0 Å². The highest BCUT2D eigenvalue weighted by molar-refractivity contribution is 6.30. The Bertz CT molecular complexity index is 584. The van der Waals surface area contributed by atoms with Crippen LogP contribution in [0.25, 0.3) is 0 Å². The second-order valence-corrected chi connectivity index (χ2v) is 5.67. The number of hydrogen-bond donors (Lipinski definition) is 1. The number of rotatable bonds is 7. The smallest absolute Gasteiger partial charge is 0.221 e. The third kappa shape index (κ3) is 5.41. The van der Waals surface area contributed by atoms with Gasteiger partial charge < -0.3 is 10.2 Å². The Kier molecular flexibility index (Phi) is 6.28. The van der Waals surface area contributed by atoms with Crippen LogP contribution in [0.3, 0.4) is 0 Å². The average molecular weight is 317 g/mol. The Hall–Kier alpha value is -2.00. The Morgan fingerprint density at radius 3 is 2.45 bits per heavy atom. The van der Waals surface area contributed by atoms with Crippen LogP contribution in [0.4, 0.5) is 5.69 Å². The molecule has 116 valence electrons. The minimum atomic E-state index is 0.0803. The number of benzene rings is 2. The molecule has 0 aliphatic heterocycles. The number of nitrogens with one attached hydrogen (secondary N) is 1. The molecular formula is C18H21ClN2O. The summed E-state index contributed by atoms with van der Waals surface area (Å²) in [5, 5.41) is 3.69. The van der Waals surface area contributed by atoms with Crippen LogP contribution in [0.1, 0.15) is 12.0 Å². The first kappa shape index (κ1) is 16.4. The maximum absolute atomic E-state index is 11.9. The van der Waals surface area contributed by atoms with Gasteiger partial charge in [0.25, 0.3) is 0 Å². The molecule has 22 heavy (non-hydrogen) atoms. The third-order valence-electron chi connectivity index (χ3n) is 3.52. The van der Waals surface area contributed by atoms with E-state index in [-0.39, 0.29) is 5.91 Å². The highest BCUT2D eigenvalue weighted by Gasteiger charge is 2.05. The molecule has 3 nitrogen and oxygen atoms in total. The topological polar surface area (TPSA) is 32.3 Å². The van der Waals surface area contributed by atoms with Crippen LogP contribution >= 0.6 is 11.6 Å². The van der Waals surface area contributed by atoms with E-state index < -0.39 is 0 Å². The molecule has 2 aromatic carbocycles. The van der Waals surface area contributed by atoms with Gasteiger partial charge in [-0.05, 0) is 36.2 Å². The van der Waals surface area contributed by atoms with Gasteiger partial charge in [0.05, 0.1) is 0 Å². The zero-order valence-corrected chi connectivity index (χ0v) is 13.5. The summed E-state index contributed by atoms with van der Waals surface area (Å²) >= 11 is 5.84. The van der Waals surface area contributed by atoms with E-state index in [1.807, 2.05) is 61.6 Å². The third-order valence-corrected chi connectivity index (χ3v) is 3.77. The molecule has 4 heteroatoms. The number of carbonyl (C=O) groups is 1. The van der Waals surface area contributed by atoms with E-state index in [9.17, 15) is 4.79 Å². The molecule has 0 heterocycles. The molecule has 2 aromatic rings. The Morgan fingerprint density at radius 1 is 1.09 bits per heavy atom. The predicted octanol–water partition coefficient (Wildman–Crippen LogP) is 3.53. The molecule has 0 saturated carbocycles. The summed E-state index contributed by atoms with van der Waals surface area (Å²) in [5.74, 6) is 0.0803. The monoisotopic (exact) mass is 316 g/mol. The average Bonchev–Trinajstić information content (AvgIpc) is 2.55. The van der Waals surface area contributed by atoms with Crippen molar-refractivity contribution in [3.8, 4) is 0 Å². The first-order chi connectivity index (χ1) is 10.6. The van der Waals surface area contributed by atoms with Gasteiger partial charge in [-0.1, -0.05) is 41.9 Å². The molecule has 0 unspecified atom stereocenters. The first-order valence-electron chi connectivity index (χ1n) is 7.42. The molecule has 0 spiro atoms. The fourth-order valence-corrected chi connectivity index (χ4v) is 2.29. The number of anilines is 1. The van der Waals surface area contributed by atoms with Gasteiger partial charge in [0.15, 0.2) is 0 Å². The quantitative estimate of drug-likeness (QED) is 0.847. The van der Waals surface area contributed by atoms with E-state index >= 15 is 0 Å². The SMILES string of the molecule is CN(CCC(=O)NCCc1ccc(Cl)cc1)c1ccccc1. The van der Waals surface area contributed by atoms with Crippen LogP contribution in [0.5, 0.6) is 0 Å². The van der Waals surface area contributed by atoms with Gasteiger partial charge in [-0.3, -0.25) is 4.79 Å². The maximum Gasteiger partial charge on any atom is 0.221 e. The van der Waals surface area contributed by atoms with Crippen molar-refractivity contribution in [2.45, 2.75) is 12.8 Å². The molecule has 0 radical (unpaired) electrons. The number of halogens is 1. The van der Waals surface area contributed by atoms with Crippen molar-refractivity contribution in [1.29, 1.82) is 0 Å². The fraction of sp³-hybridized carbons (Fsp3) is 0.278. The Morgan fingerprint density at radius 2 is 1.77 bits per heavy atom. The molecule has 0 aliphatic carbocycles. The molecular weight excluding hydrogens is 296 g/mol. The number of nitrogens with zero attached hydrogens (tertiary/aromatic N) is 1. The zero-order chi connectivity index (χ0) is 15.8. The van der Waals surface area contributed by atoms with E-state index in [0.717, 1.165) is 17.1 Å². The van der Waals surface area contributed by atoms with Crippen LogP contribution in [0, 0.1) is 0 Å². The number of hydrogen-bond acceptors (Lipinski definition) is 2. The molecule has 1 N–H and O–H groups in total. The Balaban J connectivity index is 1.66. The lowest BCUT2D eigenvalue weighted by Gasteiger charge is -2.18. The number of amides is 1.